The molecule has 0 saturated carbocycles. The van der Waals surface area contributed by atoms with Crippen LogP contribution in [0.3, 0.4) is 0 Å². The van der Waals surface area contributed by atoms with Crippen molar-refractivity contribution < 1.29 is 9.18 Å². The van der Waals surface area contributed by atoms with Crippen LogP contribution >= 0.6 is 27.3 Å². The minimum atomic E-state index is -0.266. The molecule has 0 radical (unpaired) electrons. The van der Waals surface area contributed by atoms with Gasteiger partial charge in [0.15, 0.2) is 0 Å². The molecule has 1 atom stereocenters. The van der Waals surface area contributed by atoms with E-state index in [-0.39, 0.29) is 17.6 Å². The number of carbonyl (C=O) groups is 1. The SMILES string of the molecule is O=C1C[C@H](c2ccccc2Br)c2scc(-c3ccc(F)cc3)c2N1. The van der Waals surface area contributed by atoms with Gasteiger partial charge in [0.05, 0.1) is 5.69 Å². The molecule has 0 unspecified atom stereocenters. The van der Waals surface area contributed by atoms with Crippen LogP contribution in [0.5, 0.6) is 0 Å². The smallest absolute Gasteiger partial charge is 0.225 e. The van der Waals surface area contributed by atoms with Crippen molar-refractivity contribution in [2.24, 2.45) is 0 Å². The fraction of sp³-hybridized carbons (Fsp3) is 0.105. The van der Waals surface area contributed by atoms with Gasteiger partial charge in [-0.05, 0) is 29.3 Å². The van der Waals surface area contributed by atoms with Gasteiger partial charge >= 0.3 is 0 Å². The Labute approximate surface area is 151 Å². The Kier molecular flexibility index (Phi) is 3.98. The number of benzene rings is 2. The minimum absolute atomic E-state index is 0.00464. The lowest BCUT2D eigenvalue weighted by Crippen LogP contribution is -2.22. The van der Waals surface area contributed by atoms with Gasteiger partial charge in [-0.1, -0.05) is 46.3 Å². The molecule has 4 rings (SSSR count). The number of thiophene rings is 1. The maximum Gasteiger partial charge on any atom is 0.225 e. The molecule has 0 aliphatic carbocycles. The van der Waals surface area contributed by atoms with Crippen molar-refractivity contribution >= 4 is 38.9 Å². The number of fused-ring (bicyclic) bond motifs is 1. The van der Waals surface area contributed by atoms with Gasteiger partial charge in [-0.25, -0.2) is 4.39 Å². The van der Waals surface area contributed by atoms with Crippen molar-refractivity contribution in [2.45, 2.75) is 12.3 Å². The van der Waals surface area contributed by atoms with Crippen LogP contribution in [-0.4, -0.2) is 5.91 Å². The summed E-state index contributed by atoms with van der Waals surface area (Å²) in [5, 5.41) is 5.04. The summed E-state index contributed by atoms with van der Waals surface area (Å²) in [6.45, 7) is 0. The summed E-state index contributed by atoms with van der Waals surface area (Å²) in [6, 6.07) is 14.4. The molecule has 2 heterocycles. The summed E-state index contributed by atoms with van der Waals surface area (Å²) >= 11 is 5.23. The maximum absolute atomic E-state index is 13.2. The van der Waals surface area contributed by atoms with Crippen molar-refractivity contribution in [2.75, 3.05) is 5.32 Å². The molecule has 1 N–H and O–H groups in total. The molecule has 0 fully saturated rings. The molecule has 24 heavy (non-hydrogen) atoms. The lowest BCUT2D eigenvalue weighted by atomic mass is 9.89. The highest BCUT2D eigenvalue weighted by Gasteiger charge is 2.31. The molecule has 1 aliphatic heterocycles. The molecule has 2 nitrogen and oxygen atoms in total. The number of hydrogen-bond donors (Lipinski definition) is 1. The quantitative estimate of drug-likeness (QED) is 0.578. The van der Waals surface area contributed by atoms with Crippen molar-refractivity contribution in [3.8, 4) is 11.1 Å². The summed E-state index contributed by atoms with van der Waals surface area (Å²) in [4.78, 5) is 13.4. The van der Waals surface area contributed by atoms with E-state index in [1.54, 1.807) is 23.5 Å². The molecule has 1 aromatic heterocycles. The van der Waals surface area contributed by atoms with Crippen LogP contribution in [0, 0.1) is 5.82 Å². The predicted octanol–water partition coefficient (Wildman–Crippen LogP) is 5.79. The van der Waals surface area contributed by atoms with Gasteiger partial charge in [0.25, 0.3) is 0 Å². The second kappa shape index (κ2) is 6.15. The third-order valence-corrected chi connectivity index (χ3v) is 6.04. The number of carbonyl (C=O) groups excluding carboxylic acids is 1. The third kappa shape index (κ3) is 2.68. The number of anilines is 1. The van der Waals surface area contributed by atoms with Crippen LogP contribution in [0.4, 0.5) is 10.1 Å². The Morgan fingerprint density at radius 2 is 1.88 bits per heavy atom. The predicted molar refractivity (Wildman–Crippen MR) is 98.9 cm³/mol. The highest BCUT2D eigenvalue weighted by Crippen LogP contribution is 2.47. The monoisotopic (exact) mass is 401 g/mol. The first kappa shape index (κ1) is 15.5. The van der Waals surface area contributed by atoms with E-state index in [9.17, 15) is 9.18 Å². The largest absolute Gasteiger partial charge is 0.325 e. The average Bonchev–Trinajstić information content (AvgIpc) is 2.99. The van der Waals surface area contributed by atoms with Crippen LogP contribution in [0.25, 0.3) is 11.1 Å². The topological polar surface area (TPSA) is 29.1 Å². The van der Waals surface area contributed by atoms with E-state index < -0.39 is 0 Å². The molecule has 120 valence electrons. The van der Waals surface area contributed by atoms with E-state index in [1.807, 2.05) is 23.6 Å². The zero-order valence-corrected chi connectivity index (χ0v) is 15.0. The maximum atomic E-state index is 13.2. The molecule has 2 aromatic carbocycles. The zero-order valence-electron chi connectivity index (χ0n) is 12.6. The molecule has 3 aromatic rings. The van der Waals surface area contributed by atoms with Gasteiger partial charge in [-0.3, -0.25) is 4.79 Å². The lowest BCUT2D eigenvalue weighted by molar-refractivity contribution is -0.116. The number of rotatable bonds is 2. The van der Waals surface area contributed by atoms with Crippen LogP contribution in [0.15, 0.2) is 58.4 Å². The Morgan fingerprint density at radius 3 is 2.62 bits per heavy atom. The van der Waals surface area contributed by atoms with Gasteiger partial charge in [0, 0.05) is 32.6 Å². The van der Waals surface area contributed by atoms with Gasteiger partial charge in [0.2, 0.25) is 5.91 Å². The van der Waals surface area contributed by atoms with Gasteiger partial charge < -0.3 is 5.32 Å². The molecule has 5 heteroatoms. The van der Waals surface area contributed by atoms with Crippen molar-refractivity contribution in [3.05, 3.63) is 74.6 Å². The first-order valence-electron chi connectivity index (χ1n) is 7.55. The van der Waals surface area contributed by atoms with Gasteiger partial charge in [0.1, 0.15) is 5.82 Å². The van der Waals surface area contributed by atoms with E-state index in [0.29, 0.717) is 6.42 Å². The van der Waals surface area contributed by atoms with Gasteiger partial charge in [-0.2, -0.15) is 0 Å². The molecular formula is C19H13BrFNOS. The molecule has 1 aliphatic rings. The standard InChI is InChI=1S/C19H13BrFNOS/c20-16-4-2-1-3-13(16)14-9-17(23)22-18-15(10-24-19(14)18)11-5-7-12(21)8-6-11/h1-8,10,14H,9H2,(H,22,23)/t14-/m1/s1. The first-order chi connectivity index (χ1) is 11.6. The second-order valence-electron chi connectivity index (χ2n) is 5.72. The van der Waals surface area contributed by atoms with Crippen molar-refractivity contribution in [3.63, 3.8) is 0 Å². The lowest BCUT2D eigenvalue weighted by Gasteiger charge is -2.24. The van der Waals surface area contributed by atoms with E-state index in [1.165, 1.54) is 12.1 Å². The zero-order chi connectivity index (χ0) is 16.7. The summed E-state index contributed by atoms with van der Waals surface area (Å²) in [7, 11) is 0. The number of halogens is 2. The normalized spacial score (nSPS) is 16.6. The Hall–Kier alpha value is -1.98. The van der Waals surface area contributed by atoms with Crippen molar-refractivity contribution in [1.82, 2.24) is 0 Å². The fourth-order valence-electron chi connectivity index (χ4n) is 3.08. The Bertz CT molecular complexity index is 919. The highest BCUT2D eigenvalue weighted by atomic mass is 79.9. The summed E-state index contributed by atoms with van der Waals surface area (Å²) in [5.74, 6) is -0.230. The van der Waals surface area contributed by atoms with Crippen LogP contribution in [-0.2, 0) is 4.79 Å². The molecular weight excluding hydrogens is 389 g/mol. The van der Waals surface area contributed by atoms with Crippen molar-refractivity contribution in [1.29, 1.82) is 0 Å². The van der Waals surface area contributed by atoms with Gasteiger partial charge in [-0.15, -0.1) is 11.3 Å². The molecule has 1 amide bonds. The van der Waals surface area contributed by atoms with E-state index in [2.05, 4.69) is 27.3 Å². The van der Waals surface area contributed by atoms with Crippen LogP contribution < -0.4 is 5.32 Å². The Morgan fingerprint density at radius 1 is 1.12 bits per heavy atom. The summed E-state index contributed by atoms with van der Waals surface area (Å²) < 4.78 is 14.2. The Balaban J connectivity index is 1.83. The van der Waals surface area contributed by atoms with E-state index >= 15 is 0 Å². The van der Waals surface area contributed by atoms with Crippen LogP contribution in [0.1, 0.15) is 22.8 Å². The third-order valence-electron chi connectivity index (χ3n) is 4.23. The molecule has 0 spiro atoms. The van der Waals surface area contributed by atoms with E-state index in [4.69, 9.17) is 0 Å². The molecule has 0 saturated heterocycles. The summed E-state index contributed by atoms with van der Waals surface area (Å²) in [5.41, 5.74) is 3.81. The van der Waals surface area contributed by atoms with E-state index in [0.717, 1.165) is 31.7 Å². The average molecular weight is 402 g/mol. The van der Waals surface area contributed by atoms with Crippen LogP contribution in [0.2, 0.25) is 0 Å². The number of hydrogen-bond acceptors (Lipinski definition) is 2. The molecule has 0 bridgehead atoms. The highest BCUT2D eigenvalue weighted by molar-refractivity contribution is 9.10. The summed E-state index contributed by atoms with van der Waals surface area (Å²) in [6.07, 6.45) is 0.430. The second-order valence-corrected chi connectivity index (χ2v) is 7.49. The minimum Gasteiger partial charge on any atom is -0.325 e. The number of amides is 1. The first-order valence-corrected chi connectivity index (χ1v) is 9.22. The fourth-order valence-corrected chi connectivity index (χ4v) is 4.79. The number of nitrogens with one attached hydrogen (secondary N) is 1.